The van der Waals surface area contributed by atoms with Crippen LogP contribution in [0.1, 0.15) is 33.6 Å². The Morgan fingerprint density at radius 1 is 1.46 bits per heavy atom. The molecule has 1 aromatic heterocycles. The van der Waals surface area contributed by atoms with Crippen LogP contribution < -0.4 is 11.1 Å². The van der Waals surface area contributed by atoms with Crippen molar-refractivity contribution < 1.29 is 19.1 Å². The molecule has 8 nitrogen and oxygen atoms in total. The Labute approximate surface area is 147 Å². The summed E-state index contributed by atoms with van der Waals surface area (Å²) in [6.07, 6.45) is 4.03. The van der Waals surface area contributed by atoms with Crippen molar-refractivity contribution in [2.45, 2.75) is 44.7 Å². The fraction of sp³-hybridized carbons (Fsp3) is 0.667. The summed E-state index contributed by atoms with van der Waals surface area (Å²) in [5, 5.41) is 6.91. The third-order valence-electron chi connectivity index (χ3n) is 4.03. The number of halogens is 1. The van der Waals surface area contributed by atoms with Crippen LogP contribution >= 0.6 is 12.4 Å². The fourth-order valence-corrected chi connectivity index (χ4v) is 2.31. The SMILES string of the molecule is CCOC(=O)C(C)(C)n1cc(NC(=O)C2(N)CCOCC2)cn1.Cl. The number of amides is 1. The number of ether oxygens (including phenoxy) is 2. The summed E-state index contributed by atoms with van der Waals surface area (Å²) in [4.78, 5) is 24.4. The Kier molecular flexibility index (Phi) is 6.76. The smallest absolute Gasteiger partial charge is 0.333 e. The first-order chi connectivity index (χ1) is 10.8. The molecule has 1 amide bonds. The molecule has 1 saturated heterocycles. The van der Waals surface area contributed by atoms with Gasteiger partial charge in [0.15, 0.2) is 5.54 Å². The maximum absolute atomic E-state index is 12.4. The normalized spacial score (nSPS) is 16.8. The average Bonchev–Trinajstić information content (AvgIpc) is 2.97. The second-order valence-electron chi connectivity index (χ2n) is 6.18. The monoisotopic (exact) mass is 360 g/mol. The van der Waals surface area contributed by atoms with E-state index in [1.807, 2.05) is 0 Å². The third-order valence-corrected chi connectivity index (χ3v) is 4.03. The minimum Gasteiger partial charge on any atom is -0.464 e. The van der Waals surface area contributed by atoms with Gasteiger partial charge in [-0.2, -0.15) is 5.10 Å². The molecule has 0 radical (unpaired) electrons. The van der Waals surface area contributed by atoms with Crippen molar-refractivity contribution in [2.75, 3.05) is 25.1 Å². The largest absolute Gasteiger partial charge is 0.464 e. The zero-order chi connectivity index (χ0) is 17.1. The number of hydrogen-bond donors (Lipinski definition) is 2. The molecule has 1 aromatic rings. The third kappa shape index (κ3) is 4.25. The van der Waals surface area contributed by atoms with Crippen molar-refractivity contribution in [3.05, 3.63) is 12.4 Å². The molecule has 1 aliphatic heterocycles. The minimum atomic E-state index is -0.960. The van der Waals surface area contributed by atoms with Gasteiger partial charge in [-0.1, -0.05) is 0 Å². The highest BCUT2D eigenvalue weighted by Crippen LogP contribution is 2.22. The number of rotatable bonds is 5. The van der Waals surface area contributed by atoms with Gasteiger partial charge in [-0.05, 0) is 33.6 Å². The van der Waals surface area contributed by atoms with Gasteiger partial charge in [-0.25, -0.2) is 4.79 Å². The summed E-state index contributed by atoms with van der Waals surface area (Å²) in [5.74, 6) is -0.657. The number of nitrogens with zero attached hydrogens (tertiary/aromatic N) is 2. The van der Waals surface area contributed by atoms with Gasteiger partial charge in [-0.3, -0.25) is 9.48 Å². The number of aromatic nitrogens is 2. The summed E-state index contributed by atoms with van der Waals surface area (Å²) in [6, 6.07) is 0. The van der Waals surface area contributed by atoms with Crippen molar-refractivity contribution >= 4 is 30.0 Å². The topological polar surface area (TPSA) is 108 Å². The van der Waals surface area contributed by atoms with Crippen LogP contribution in [0.3, 0.4) is 0 Å². The average molecular weight is 361 g/mol. The predicted molar refractivity (Wildman–Crippen MR) is 91.0 cm³/mol. The van der Waals surface area contributed by atoms with E-state index < -0.39 is 11.1 Å². The number of carbonyl (C=O) groups excluding carboxylic acids is 2. The highest BCUT2D eigenvalue weighted by Gasteiger charge is 2.37. The number of anilines is 1. The van der Waals surface area contributed by atoms with E-state index in [1.54, 1.807) is 27.0 Å². The number of carbonyl (C=O) groups is 2. The van der Waals surface area contributed by atoms with Crippen molar-refractivity contribution in [1.29, 1.82) is 0 Å². The molecule has 1 fully saturated rings. The summed E-state index contributed by atoms with van der Waals surface area (Å²) in [6.45, 7) is 6.39. The molecule has 0 saturated carbocycles. The molecule has 136 valence electrons. The van der Waals surface area contributed by atoms with Crippen molar-refractivity contribution in [3.8, 4) is 0 Å². The van der Waals surface area contributed by atoms with Gasteiger partial charge >= 0.3 is 5.97 Å². The molecule has 9 heteroatoms. The first-order valence-electron chi connectivity index (χ1n) is 7.70. The first-order valence-corrected chi connectivity index (χ1v) is 7.70. The van der Waals surface area contributed by atoms with E-state index in [1.165, 1.54) is 10.9 Å². The number of nitrogens with one attached hydrogen (secondary N) is 1. The fourth-order valence-electron chi connectivity index (χ4n) is 2.31. The van der Waals surface area contributed by atoms with Crippen molar-refractivity contribution in [2.24, 2.45) is 5.73 Å². The van der Waals surface area contributed by atoms with Gasteiger partial charge < -0.3 is 20.5 Å². The van der Waals surface area contributed by atoms with E-state index in [0.717, 1.165) is 0 Å². The van der Waals surface area contributed by atoms with E-state index in [2.05, 4.69) is 10.4 Å². The molecular formula is C15H25ClN4O4. The molecule has 2 rings (SSSR count). The van der Waals surface area contributed by atoms with Crippen LogP contribution in [-0.2, 0) is 24.6 Å². The van der Waals surface area contributed by atoms with E-state index in [0.29, 0.717) is 38.3 Å². The van der Waals surface area contributed by atoms with Crippen LogP contribution in [0.2, 0.25) is 0 Å². The molecule has 0 aromatic carbocycles. The van der Waals surface area contributed by atoms with Crippen LogP contribution in [-0.4, -0.2) is 47.0 Å². The van der Waals surface area contributed by atoms with Crippen molar-refractivity contribution in [1.82, 2.24) is 9.78 Å². The molecule has 24 heavy (non-hydrogen) atoms. The number of hydrogen-bond acceptors (Lipinski definition) is 6. The zero-order valence-electron chi connectivity index (χ0n) is 14.2. The molecule has 0 unspecified atom stereocenters. The molecule has 0 aliphatic carbocycles. The van der Waals surface area contributed by atoms with Crippen molar-refractivity contribution in [3.63, 3.8) is 0 Å². The Balaban J connectivity index is 0.00000288. The second kappa shape index (κ2) is 7.96. The number of esters is 1. The zero-order valence-corrected chi connectivity index (χ0v) is 15.0. The molecule has 1 aliphatic rings. The summed E-state index contributed by atoms with van der Waals surface area (Å²) >= 11 is 0. The van der Waals surface area contributed by atoms with E-state index in [4.69, 9.17) is 15.2 Å². The van der Waals surface area contributed by atoms with Gasteiger partial charge in [0.25, 0.3) is 0 Å². The Hall–Kier alpha value is -1.64. The summed E-state index contributed by atoms with van der Waals surface area (Å²) < 4.78 is 11.7. The van der Waals surface area contributed by atoms with Crippen LogP contribution in [0, 0.1) is 0 Å². The van der Waals surface area contributed by atoms with E-state index >= 15 is 0 Å². The van der Waals surface area contributed by atoms with Gasteiger partial charge in [0, 0.05) is 19.4 Å². The quantitative estimate of drug-likeness (QED) is 0.760. The van der Waals surface area contributed by atoms with Gasteiger partial charge in [-0.15, -0.1) is 12.4 Å². The van der Waals surface area contributed by atoms with Gasteiger partial charge in [0.05, 0.1) is 18.5 Å². The predicted octanol–water partition coefficient (Wildman–Crippen LogP) is 1.05. The number of nitrogens with two attached hydrogens (primary N) is 1. The van der Waals surface area contributed by atoms with Crippen LogP contribution in [0.15, 0.2) is 12.4 Å². The molecular weight excluding hydrogens is 336 g/mol. The van der Waals surface area contributed by atoms with Gasteiger partial charge in [0.2, 0.25) is 5.91 Å². The molecule has 2 heterocycles. The summed E-state index contributed by atoms with van der Waals surface area (Å²) in [7, 11) is 0. The van der Waals surface area contributed by atoms with E-state index in [9.17, 15) is 9.59 Å². The lowest BCUT2D eigenvalue weighted by Gasteiger charge is -2.31. The van der Waals surface area contributed by atoms with Crippen LogP contribution in [0.4, 0.5) is 5.69 Å². The highest BCUT2D eigenvalue weighted by atomic mass is 35.5. The lowest BCUT2D eigenvalue weighted by atomic mass is 9.90. The highest BCUT2D eigenvalue weighted by molar-refractivity contribution is 5.97. The molecule has 0 atom stereocenters. The Morgan fingerprint density at radius 3 is 2.67 bits per heavy atom. The van der Waals surface area contributed by atoms with E-state index in [-0.39, 0.29) is 24.3 Å². The Morgan fingerprint density at radius 2 is 2.08 bits per heavy atom. The second-order valence-corrected chi connectivity index (χ2v) is 6.18. The molecule has 0 bridgehead atoms. The molecule has 0 spiro atoms. The first kappa shape index (κ1) is 20.4. The maximum atomic E-state index is 12.4. The van der Waals surface area contributed by atoms with Gasteiger partial charge in [0.1, 0.15) is 5.54 Å². The lowest BCUT2D eigenvalue weighted by Crippen LogP contribution is -2.54. The molecule has 3 N–H and O–H groups in total. The minimum absolute atomic E-state index is 0. The Bertz CT molecular complexity index is 582. The van der Waals surface area contributed by atoms with Crippen LogP contribution in [0.5, 0.6) is 0 Å². The summed E-state index contributed by atoms with van der Waals surface area (Å²) in [5.41, 5.74) is 4.73. The standard InChI is InChI=1S/C15H24N4O4.ClH/c1-4-23-13(21)14(2,3)19-10-11(9-17-19)18-12(20)15(16)5-7-22-8-6-15;/h9-10H,4-8,16H2,1-3H3,(H,18,20);1H. The lowest BCUT2D eigenvalue weighted by molar-refractivity contribution is -0.152. The maximum Gasteiger partial charge on any atom is 0.333 e. The van der Waals surface area contributed by atoms with Crippen LogP contribution in [0.25, 0.3) is 0 Å².